The number of halogens is 1. The third kappa shape index (κ3) is 2.86. The van der Waals surface area contributed by atoms with E-state index in [0.29, 0.717) is 5.75 Å². The topological polar surface area (TPSA) is 78.4 Å². The van der Waals surface area contributed by atoms with E-state index in [1.807, 2.05) is 0 Å². The normalized spacial score (nSPS) is 10.2. The first-order valence-corrected chi connectivity index (χ1v) is 5.51. The Balaban J connectivity index is 2.31. The Kier molecular flexibility index (Phi) is 3.72. The summed E-state index contributed by atoms with van der Waals surface area (Å²) < 4.78 is 19.1. The Labute approximate surface area is 108 Å². The first-order valence-electron chi connectivity index (χ1n) is 5.51. The number of hydrogen-bond donors (Lipinski definition) is 1. The minimum Gasteiger partial charge on any atom is -0.454 e. The summed E-state index contributed by atoms with van der Waals surface area (Å²) in [5, 5.41) is 10.5. The van der Waals surface area contributed by atoms with E-state index >= 15 is 0 Å². The molecular formula is C13H11FN2O3. The molecule has 0 aliphatic rings. The van der Waals surface area contributed by atoms with E-state index < -0.39 is 10.7 Å². The van der Waals surface area contributed by atoms with Gasteiger partial charge in [-0.3, -0.25) is 10.1 Å². The van der Waals surface area contributed by atoms with Crippen LogP contribution in [0.15, 0.2) is 42.5 Å². The average molecular weight is 262 g/mol. The van der Waals surface area contributed by atoms with Crippen LogP contribution < -0.4 is 10.5 Å². The van der Waals surface area contributed by atoms with Crippen molar-refractivity contribution in [3.05, 3.63) is 64.0 Å². The van der Waals surface area contributed by atoms with Gasteiger partial charge in [0.1, 0.15) is 5.75 Å². The number of benzene rings is 2. The van der Waals surface area contributed by atoms with Crippen molar-refractivity contribution in [2.75, 3.05) is 0 Å². The number of ether oxygens (including phenoxy) is 1. The third-order valence-corrected chi connectivity index (χ3v) is 2.54. The quantitative estimate of drug-likeness (QED) is 0.678. The van der Waals surface area contributed by atoms with Crippen molar-refractivity contribution in [1.29, 1.82) is 0 Å². The number of nitro groups is 1. The monoisotopic (exact) mass is 262 g/mol. The second-order valence-corrected chi connectivity index (χ2v) is 3.79. The van der Waals surface area contributed by atoms with Crippen molar-refractivity contribution in [3.63, 3.8) is 0 Å². The Morgan fingerprint density at radius 1 is 1.21 bits per heavy atom. The van der Waals surface area contributed by atoms with Gasteiger partial charge in [-0.15, -0.1) is 0 Å². The fourth-order valence-corrected chi connectivity index (χ4v) is 1.58. The molecule has 0 aliphatic heterocycles. The van der Waals surface area contributed by atoms with Crippen molar-refractivity contribution >= 4 is 5.69 Å². The number of rotatable bonds is 4. The number of nitrogens with zero attached hydrogens (tertiary/aromatic N) is 1. The van der Waals surface area contributed by atoms with Gasteiger partial charge in [-0.1, -0.05) is 18.2 Å². The molecule has 0 aliphatic carbocycles. The van der Waals surface area contributed by atoms with Crippen molar-refractivity contribution in [1.82, 2.24) is 0 Å². The second kappa shape index (κ2) is 5.45. The van der Waals surface area contributed by atoms with E-state index in [9.17, 15) is 14.5 Å². The Morgan fingerprint density at radius 2 is 1.95 bits per heavy atom. The number of nitro benzene ring substituents is 1. The molecule has 0 radical (unpaired) electrons. The van der Waals surface area contributed by atoms with Crippen LogP contribution >= 0.6 is 0 Å². The lowest BCUT2D eigenvalue weighted by atomic mass is 10.2. The molecular weight excluding hydrogens is 251 g/mol. The maximum absolute atomic E-state index is 13.7. The number of non-ortho nitro benzene ring substituents is 1. The molecule has 2 aromatic rings. The molecule has 0 heterocycles. The highest BCUT2D eigenvalue weighted by molar-refractivity contribution is 5.42. The van der Waals surface area contributed by atoms with Crippen LogP contribution in [0.5, 0.6) is 11.5 Å². The number of hydrogen-bond acceptors (Lipinski definition) is 4. The van der Waals surface area contributed by atoms with Crippen LogP contribution in [0.25, 0.3) is 0 Å². The summed E-state index contributed by atoms with van der Waals surface area (Å²) >= 11 is 0. The number of para-hydroxylation sites is 1. The highest BCUT2D eigenvalue weighted by atomic mass is 19.1. The molecule has 0 spiro atoms. The van der Waals surface area contributed by atoms with Crippen molar-refractivity contribution in [2.24, 2.45) is 5.73 Å². The van der Waals surface area contributed by atoms with Crippen LogP contribution in [-0.2, 0) is 6.54 Å². The van der Waals surface area contributed by atoms with E-state index in [2.05, 4.69) is 0 Å². The SMILES string of the molecule is NCc1ccccc1Oc1ccc([N+](=O)[O-])cc1F. The Morgan fingerprint density at radius 3 is 2.58 bits per heavy atom. The minimum absolute atomic E-state index is 0.0773. The van der Waals surface area contributed by atoms with Crippen LogP contribution in [0.4, 0.5) is 10.1 Å². The molecule has 5 nitrogen and oxygen atoms in total. The fourth-order valence-electron chi connectivity index (χ4n) is 1.58. The summed E-state index contributed by atoms with van der Waals surface area (Å²) in [6.07, 6.45) is 0. The molecule has 2 aromatic carbocycles. The summed E-state index contributed by atoms with van der Waals surface area (Å²) in [6, 6.07) is 10.2. The summed E-state index contributed by atoms with van der Waals surface area (Å²) in [5.41, 5.74) is 5.94. The predicted molar refractivity (Wildman–Crippen MR) is 67.5 cm³/mol. The summed E-state index contributed by atoms with van der Waals surface area (Å²) in [5.74, 6) is -0.440. The molecule has 0 amide bonds. The van der Waals surface area contributed by atoms with Crippen LogP contribution in [0.3, 0.4) is 0 Å². The maximum Gasteiger partial charge on any atom is 0.272 e. The van der Waals surface area contributed by atoms with Crippen molar-refractivity contribution in [3.8, 4) is 11.5 Å². The summed E-state index contributed by atoms with van der Waals surface area (Å²) in [4.78, 5) is 9.84. The van der Waals surface area contributed by atoms with E-state index in [4.69, 9.17) is 10.5 Å². The van der Waals surface area contributed by atoms with Gasteiger partial charge < -0.3 is 10.5 Å². The summed E-state index contributed by atoms with van der Waals surface area (Å²) in [6.45, 7) is 0.255. The molecule has 0 atom stereocenters. The van der Waals surface area contributed by atoms with Gasteiger partial charge in [-0.25, -0.2) is 4.39 Å². The second-order valence-electron chi connectivity index (χ2n) is 3.79. The van der Waals surface area contributed by atoms with Gasteiger partial charge in [0.2, 0.25) is 0 Å². The molecule has 98 valence electrons. The van der Waals surface area contributed by atoms with Crippen LogP contribution in [-0.4, -0.2) is 4.92 Å². The lowest BCUT2D eigenvalue weighted by Gasteiger charge is -2.10. The lowest BCUT2D eigenvalue weighted by molar-refractivity contribution is -0.385. The fraction of sp³-hybridized carbons (Fsp3) is 0.0769. The van der Waals surface area contributed by atoms with Gasteiger partial charge in [0.15, 0.2) is 11.6 Å². The molecule has 19 heavy (non-hydrogen) atoms. The van der Waals surface area contributed by atoms with Crippen LogP contribution in [0, 0.1) is 15.9 Å². The van der Waals surface area contributed by atoms with Gasteiger partial charge in [0.05, 0.1) is 11.0 Å². The molecule has 6 heteroatoms. The minimum atomic E-state index is -0.791. The molecule has 0 saturated heterocycles. The zero-order chi connectivity index (χ0) is 13.8. The van der Waals surface area contributed by atoms with Gasteiger partial charge in [0, 0.05) is 18.2 Å². The lowest BCUT2D eigenvalue weighted by Crippen LogP contribution is -2.00. The molecule has 0 unspecified atom stereocenters. The molecule has 0 saturated carbocycles. The third-order valence-electron chi connectivity index (χ3n) is 2.54. The van der Waals surface area contributed by atoms with Crippen molar-refractivity contribution in [2.45, 2.75) is 6.54 Å². The smallest absolute Gasteiger partial charge is 0.272 e. The molecule has 0 fully saturated rings. The van der Waals surface area contributed by atoms with E-state index in [-0.39, 0.29) is 18.0 Å². The number of nitrogens with two attached hydrogens (primary N) is 1. The Hall–Kier alpha value is -2.47. The molecule has 0 aromatic heterocycles. The standard InChI is InChI=1S/C13H11FN2O3/c14-11-7-10(16(17)18)5-6-13(11)19-12-4-2-1-3-9(12)8-15/h1-7H,8,15H2. The first-order chi connectivity index (χ1) is 9.11. The zero-order valence-corrected chi connectivity index (χ0v) is 9.88. The first kappa shape index (κ1) is 13.0. The van der Waals surface area contributed by atoms with Gasteiger partial charge in [-0.05, 0) is 12.1 Å². The van der Waals surface area contributed by atoms with E-state index in [1.165, 1.54) is 12.1 Å². The predicted octanol–water partition coefficient (Wildman–Crippen LogP) is 2.98. The van der Waals surface area contributed by atoms with E-state index in [1.54, 1.807) is 24.3 Å². The maximum atomic E-state index is 13.7. The highest BCUT2D eigenvalue weighted by Gasteiger charge is 2.13. The largest absolute Gasteiger partial charge is 0.454 e. The Bertz CT molecular complexity index is 617. The molecule has 2 N–H and O–H groups in total. The molecule has 2 rings (SSSR count). The molecule has 0 bridgehead atoms. The average Bonchev–Trinajstić information content (AvgIpc) is 2.41. The summed E-state index contributed by atoms with van der Waals surface area (Å²) in [7, 11) is 0. The van der Waals surface area contributed by atoms with Gasteiger partial charge in [-0.2, -0.15) is 0 Å². The zero-order valence-electron chi connectivity index (χ0n) is 9.88. The van der Waals surface area contributed by atoms with E-state index in [0.717, 1.165) is 11.6 Å². The van der Waals surface area contributed by atoms with Crippen LogP contribution in [0.2, 0.25) is 0 Å². The van der Waals surface area contributed by atoms with Gasteiger partial charge >= 0.3 is 0 Å². The van der Waals surface area contributed by atoms with Crippen LogP contribution in [0.1, 0.15) is 5.56 Å². The van der Waals surface area contributed by atoms with Gasteiger partial charge in [0.25, 0.3) is 5.69 Å². The van der Waals surface area contributed by atoms with Crippen molar-refractivity contribution < 1.29 is 14.1 Å². The highest BCUT2D eigenvalue weighted by Crippen LogP contribution is 2.29.